The summed E-state index contributed by atoms with van der Waals surface area (Å²) in [6, 6.07) is 7.74. The fraction of sp³-hybridized carbons (Fsp3) is 0.438. The van der Waals surface area contributed by atoms with E-state index in [0.717, 1.165) is 10.6 Å². The van der Waals surface area contributed by atoms with Crippen LogP contribution in [0.4, 0.5) is 4.79 Å². The van der Waals surface area contributed by atoms with Gasteiger partial charge in [-0.2, -0.15) is 0 Å². The molecule has 1 aromatic carbocycles. The van der Waals surface area contributed by atoms with Crippen LogP contribution in [0.5, 0.6) is 0 Å². The molecule has 0 aromatic heterocycles. The Morgan fingerprint density at radius 3 is 2.57 bits per heavy atom. The van der Waals surface area contributed by atoms with Crippen LogP contribution < -0.4 is 10.6 Å². The molecule has 1 rings (SSSR count). The van der Waals surface area contributed by atoms with Crippen molar-refractivity contribution in [1.82, 2.24) is 10.6 Å². The Bertz CT molecular complexity index is 481. The summed E-state index contributed by atoms with van der Waals surface area (Å²) in [5.74, 6) is 0. The molecule has 2 N–H and O–H groups in total. The molecule has 4 nitrogen and oxygen atoms in total. The number of benzene rings is 1. The molecule has 0 radical (unpaired) electrons. The minimum Gasteiger partial charge on any atom is -0.444 e. The third kappa shape index (κ3) is 8.38. The smallest absolute Gasteiger partial charge is 0.407 e. The number of nitrogens with one attached hydrogen (secondary N) is 2. The van der Waals surface area contributed by atoms with Gasteiger partial charge in [-0.15, -0.1) is 0 Å². The van der Waals surface area contributed by atoms with Crippen molar-refractivity contribution in [2.75, 3.05) is 13.1 Å². The second-order valence-corrected chi connectivity index (χ2v) is 5.98. The number of rotatable bonds is 6. The lowest BCUT2D eigenvalue weighted by molar-refractivity contribution is 0.0534. The zero-order valence-electron chi connectivity index (χ0n) is 12.8. The van der Waals surface area contributed by atoms with Gasteiger partial charge in [0.1, 0.15) is 5.60 Å². The summed E-state index contributed by atoms with van der Waals surface area (Å²) in [7, 11) is 0. The lowest BCUT2D eigenvalue weighted by atomic mass is 10.2. The molecular formula is C16H23ClN2O2. The van der Waals surface area contributed by atoms with E-state index in [1.165, 1.54) is 0 Å². The number of hydrogen-bond donors (Lipinski definition) is 2. The van der Waals surface area contributed by atoms with Crippen LogP contribution in [0.1, 0.15) is 26.3 Å². The Morgan fingerprint density at radius 2 is 1.90 bits per heavy atom. The van der Waals surface area contributed by atoms with Crippen LogP contribution in [0.3, 0.4) is 0 Å². The summed E-state index contributed by atoms with van der Waals surface area (Å²) in [6.07, 6.45) is 3.42. The summed E-state index contributed by atoms with van der Waals surface area (Å²) in [5.41, 5.74) is 0.601. The van der Waals surface area contributed by atoms with Crippen molar-refractivity contribution in [1.29, 1.82) is 0 Å². The van der Waals surface area contributed by atoms with Gasteiger partial charge in [0.15, 0.2) is 0 Å². The molecule has 1 amide bonds. The van der Waals surface area contributed by atoms with Gasteiger partial charge in [0.2, 0.25) is 0 Å². The van der Waals surface area contributed by atoms with E-state index in [9.17, 15) is 4.79 Å². The first-order chi connectivity index (χ1) is 9.88. The first kappa shape index (κ1) is 17.5. The van der Waals surface area contributed by atoms with Crippen LogP contribution in [-0.4, -0.2) is 24.8 Å². The van der Waals surface area contributed by atoms with E-state index < -0.39 is 11.7 Å². The minimum atomic E-state index is -0.468. The van der Waals surface area contributed by atoms with E-state index in [1.54, 1.807) is 0 Å². The average molecular weight is 311 g/mol. The van der Waals surface area contributed by atoms with Crippen molar-refractivity contribution >= 4 is 17.7 Å². The summed E-state index contributed by atoms with van der Waals surface area (Å²) in [6.45, 7) is 7.37. The number of amides is 1. The summed E-state index contributed by atoms with van der Waals surface area (Å²) < 4.78 is 5.12. The highest BCUT2D eigenvalue weighted by Crippen LogP contribution is 2.13. The zero-order valence-corrected chi connectivity index (χ0v) is 13.5. The molecule has 0 unspecified atom stereocenters. The van der Waals surface area contributed by atoms with Crippen molar-refractivity contribution in [2.45, 2.75) is 32.9 Å². The Balaban J connectivity index is 2.13. The Hall–Kier alpha value is -1.52. The monoisotopic (exact) mass is 310 g/mol. The van der Waals surface area contributed by atoms with Gasteiger partial charge in [-0.1, -0.05) is 42.0 Å². The maximum Gasteiger partial charge on any atom is 0.407 e. The molecule has 1 aromatic rings. The van der Waals surface area contributed by atoms with E-state index in [4.69, 9.17) is 16.3 Å². The van der Waals surface area contributed by atoms with Gasteiger partial charge < -0.3 is 15.4 Å². The second-order valence-electron chi connectivity index (χ2n) is 5.58. The standard InChI is InChI=1S/C16H23ClN2O2/c1-16(2,3)21-15(20)19-11-7-6-10-18-12-13-8-4-5-9-14(13)17/h4-9,18H,10-12H2,1-3H3,(H,19,20)/b7-6+. The van der Waals surface area contributed by atoms with Crippen LogP contribution in [0.15, 0.2) is 36.4 Å². The molecular weight excluding hydrogens is 288 g/mol. The molecule has 5 heteroatoms. The second kappa shape index (κ2) is 8.70. The quantitative estimate of drug-likeness (QED) is 0.624. The van der Waals surface area contributed by atoms with Gasteiger partial charge >= 0.3 is 6.09 Å². The topological polar surface area (TPSA) is 50.4 Å². The fourth-order valence-corrected chi connectivity index (χ4v) is 1.76. The zero-order chi connectivity index (χ0) is 15.7. The molecule has 0 heterocycles. The molecule has 0 aliphatic rings. The molecule has 116 valence electrons. The van der Waals surface area contributed by atoms with Crippen LogP contribution in [-0.2, 0) is 11.3 Å². The molecule has 0 aliphatic carbocycles. The average Bonchev–Trinajstić information content (AvgIpc) is 2.37. The first-order valence-electron chi connectivity index (χ1n) is 6.94. The fourth-order valence-electron chi connectivity index (χ4n) is 1.56. The first-order valence-corrected chi connectivity index (χ1v) is 7.32. The Morgan fingerprint density at radius 1 is 1.24 bits per heavy atom. The van der Waals surface area contributed by atoms with Crippen molar-refractivity contribution in [2.24, 2.45) is 0 Å². The van der Waals surface area contributed by atoms with Crippen LogP contribution >= 0.6 is 11.6 Å². The predicted molar refractivity (Wildman–Crippen MR) is 86.5 cm³/mol. The van der Waals surface area contributed by atoms with E-state index in [1.807, 2.05) is 57.2 Å². The lowest BCUT2D eigenvalue weighted by Crippen LogP contribution is -2.32. The van der Waals surface area contributed by atoms with Gasteiger partial charge in [-0.25, -0.2) is 4.79 Å². The molecule has 0 bridgehead atoms. The number of carbonyl (C=O) groups excluding carboxylic acids is 1. The van der Waals surface area contributed by atoms with Gasteiger partial charge in [-0.3, -0.25) is 0 Å². The molecule has 21 heavy (non-hydrogen) atoms. The lowest BCUT2D eigenvalue weighted by Gasteiger charge is -2.19. The van der Waals surface area contributed by atoms with Gasteiger partial charge in [0.25, 0.3) is 0 Å². The van der Waals surface area contributed by atoms with Gasteiger partial charge in [0.05, 0.1) is 0 Å². The van der Waals surface area contributed by atoms with Gasteiger partial charge in [0, 0.05) is 24.7 Å². The predicted octanol–water partition coefficient (Wildman–Crippen LogP) is 3.51. The van der Waals surface area contributed by atoms with Crippen molar-refractivity contribution in [3.63, 3.8) is 0 Å². The highest BCUT2D eigenvalue weighted by molar-refractivity contribution is 6.31. The maximum atomic E-state index is 11.4. The van der Waals surface area contributed by atoms with E-state index >= 15 is 0 Å². The highest BCUT2D eigenvalue weighted by Gasteiger charge is 2.14. The summed E-state index contributed by atoms with van der Waals surface area (Å²) in [5, 5.41) is 6.68. The Kier molecular flexibility index (Phi) is 7.26. The van der Waals surface area contributed by atoms with Crippen LogP contribution in [0.25, 0.3) is 0 Å². The third-order valence-corrected chi connectivity index (χ3v) is 2.83. The number of carbonyl (C=O) groups is 1. The van der Waals surface area contributed by atoms with Crippen LogP contribution in [0, 0.1) is 0 Å². The number of alkyl carbamates (subject to hydrolysis) is 1. The third-order valence-electron chi connectivity index (χ3n) is 2.47. The Labute approximate surface area is 131 Å². The van der Waals surface area contributed by atoms with E-state index in [0.29, 0.717) is 19.6 Å². The molecule has 0 atom stereocenters. The molecule has 0 saturated heterocycles. The number of hydrogen-bond acceptors (Lipinski definition) is 3. The summed E-state index contributed by atoms with van der Waals surface area (Å²) >= 11 is 6.05. The van der Waals surface area contributed by atoms with E-state index in [2.05, 4.69) is 10.6 Å². The SMILES string of the molecule is CC(C)(C)OC(=O)NC/C=C/CNCc1ccccc1Cl. The number of halogens is 1. The molecule has 0 saturated carbocycles. The normalized spacial score (nSPS) is 11.6. The molecule has 0 aliphatic heterocycles. The van der Waals surface area contributed by atoms with Crippen molar-refractivity contribution in [3.8, 4) is 0 Å². The largest absolute Gasteiger partial charge is 0.444 e. The van der Waals surface area contributed by atoms with Crippen molar-refractivity contribution in [3.05, 3.63) is 47.0 Å². The van der Waals surface area contributed by atoms with Crippen LogP contribution in [0.2, 0.25) is 5.02 Å². The molecule has 0 fully saturated rings. The van der Waals surface area contributed by atoms with Gasteiger partial charge in [-0.05, 0) is 32.4 Å². The van der Waals surface area contributed by atoms with E-state index in [-0.39, 0.29) is 0 Å². The van der Waals surface area contributed by atoms with Crippen molar-refractivity contribution < 1.29 is 9.53 Å². The minimum absolute atomic E-state index is 0.406. The maximum absolute atomic E-state index is 11.4. The summed E-state index contributed by atoms with van der Waals surface area (Å²) in [4.78, 5) is 11.4. The molecule has 0 spiro atoms. The number of ether oxygens (including phenoxy) is 1. The highest BCUT2D eigenvalue weighted by atomic mass is 35.5.